The standard InChI is InChI=1S/C28H22F2N2O6S2/c1-3-37-27(35)21-19(15-5-9-17(29)10-6-15)13-39-25(21)31-23(33)24(34)32-26-22(28(36)38-4-2)20(14-40-26)16-7-11-18(30)12-8-16/h5-14H,3-4H2,1-2H3,(H,31,33)(H,32,34). The number of thiophene rings is 2. The largest absolute Gasteiger partial charge is 0.462 e. The molecule has 0 bridgehead atoms. The van der Waals surface area contributed by atoms with Crippen LogP contribution < -0.4 is 10.6 Å². The van der Waals surface area contributed by atoms with Crippen LogP contribution in [-0.2, 0) is 19.1 Å². The number of carbonyl (C=O) groups is 4. The highest BCUT2D eigenvalue weighted by atomic mass is 32.1. The van der Waals surface area contributed by atoms with Crippen molar-refractivity contribution in [3.63, 3.8) is 0 Å². The third kappa shape index (κ3) is 6.24. The maximum Gasteiger partial charge on any atom is 0.341 e. The smallest absolute Gasteiger partial charge is 0.341 e. The van der Waals surface area contributed by atoms with Gasteiger partial charge in [-0.2, -0.15) is 0 Å². The van der Waals surface area contributed by atoms with E-state index >= 15 is 0 Å². The van der Waals surface area contributed by atoms with Gasteiger partial charge in [0.25, 0.3) is 0 Å². The zero-order chi connectivity index (χ0) is 28.8. The lowest BCUT2D eigenvalue weighted by molar-refractivity contribution is -0.132. The number of benzene rings is 2. The van der Waals surface area contributed by atoms with E-state index in [2.05, 4.69) is 10.6 Å². The first-order valence-electron chi connectivity index (χ1n) is 11.9. The van der Waals surface area contributed by atoms with Gasteiger partial charge in [0, 0.05) is 21.9 Å². The third-order valence-corrected chi connectivity index (χ3v) is 7.30. The maximum atomic E-state index is 13.4. The molecule has 206 valence electrons. The van der Waals surface area contributed by atoms with E-state index in [0.29, 0.717) is 22.3 Å². The SMILES string of the molecule is CCOC(=O)c1c(-c2ccc(F)cc2)csc1NC(=O)C(=O)Nc1scc(-c2ccc(F)cc2)c1C(=O)OCC. The third-order valence-electron chi connectivity index (χ3n) is 5.51. The van der Waals surface area contributed by atoms with E-state index < -0.39 is 35.4 Å². The van der Waals surface area contributed by atoms with Crippen LogP contribution >= 0.6 is 22.7 Å². The van der Waals surface area contributed by atoms with Crippen molar-refractivity contribution in [3.05, 3.63) is 82.1 Å². The first kappa shape index (κ1) is 28.6. The normalized spacial score (nSPS) is 10.6. The predicted octanol–water partition coefficient (Wildman–Crippen LogP) is 6.35. The Morgan fingerprint density at radius 1 is 0.650 bits per heavy atom. The number of hydrogen-bond donors (Lipinski definition) is 2. The highest BCUT2D eigenvalue weighted by Gasteiger charge is 2.27. The fourth-order valence-corrected chi connectivity index (χ4v) is 5.62. The zero-order valence-corrected chi connectivity index (χ0v) is 22.8. The summed E-state index contributed by atoms with van der Waals surface area (Å²) in [5.74, 6) is -4.59. The molecule has 2 N–H and O–H groups in total. The average Bonchev–Trinajstić information content (AvgIpc) is 3.54. The minimum absolute atomic E-state index is 0.0153. The van der Waals surface area contributed by atoms with Crippen LogP contribution in [0.5, 0.6) is 0 Å². The molecule has 40 heavy (non-hydrogen) atoms. The molecule has 0 saturated heterocycles. The lowest BCUT2D eigenvalue weighted by atomic mass is 10.0. The second-order valence-corrected chi connectivity index (χ2v) is 9.83. The number of halogens is 2. The number of anilines is 2. The van der Waals surface area contributed by atoms with E-state index in [-0.39, 0.29) is 34.3 Å². The highest BCUT2D eigenvalue weighted by Crippen LogP contribution is 2.38. The number of carbonyl (C=O) groups excluding carboxylic acids is 4. The summed E-state index contributed by atoms with van der Waals surface area (Å²) in [7, 11) is 0. The van der Waals surface area contributed by atoms with Crippen molar-refractivity contribution < 1.29 is 37.4 Å². The summed E-state index contributed by atoms with van der Waals surface area (Å²) >= 11 is 1.98. The van der Waals surface area contributed by atoms with Gasteiger partial charge in [-0.25, -0.2) is 18.4 Å². The van der Waals surface area contributed by atoms with Crippen molar-refractivity contribution >= 4 is 56.4 Å². The molecule has 0 saturated carbocycles. The Bertz CT molecular complexity index is 1440. The van der Waals surface area contributed by atoms with Gasteiger partial charge in [0.2, 0.25) is 0 Å². The summed E-state index contributed by atoms with van der Waals surface area (Å²) in [5.41, 5.74) is 1.84. The molecule has 0 fully saturated rings. The van der Waals surface area contributed by atoms with Crippen molar-refractivity contribution in [1.82, 2.24) is 0 Å². The summed E-state index contributed by atoms with van der Waals surface area (Å²) in [6.07, 6.45) is 0. The van der Waals surface area contributed by atoms with Crippen LogP contribution in [0.1, 0.15) is 34.6 Å². The molecule has 2 heterocycles. The molecule has 0 radical (unpaired) electrons. The van der Waals surface area contributed by atoms with Crippen molar-refractivity contribution in [2.75, 3.05) is 23.8 Å². The molecule has 12 heteroatoms. The fraction of sp³-hybridized carbons (Fsp3) is 0.143. The van der Waals surface area contributed by atoms with Crippen LogP contribution in [0.2, 0.25) is 0 Å². The molecule has 8 nitrogen and oxygen atoms in total. The molecule has 2 aromatic heterocycles. The minimum Gasteiger partial charge on any atom is -0.462 e. The van der Waals surface area contributed by atoms with E-state index in [9.17, 15) is 28.0 Å². The number of rotatable bonds is 8. The molecule has 0 spiro atoms. The van der Waals surface area contributed by atoms with Gasteiger partial charge in [0.1, 0.15) is 32.8 Å². The summed E-state index contributed by atoms with van der Waals surface area (Å²) < 4.78 is 37.1. The molecule has 4 rings (SSSR count). The van der Waals surface area contributed by atoms with Crippen LogP contribution in [0, 0.1) is 11.6 Å². The summed E-state index contributed by atoms with van der Waals surface area (Å²) in [4.78, 5) is 51.3. The molecule has 4 aromatic rings. The van der Waals surface area contributed by atoms with Gasteiger partial charge in [0.15, 0.2) is 0 Å². The predicted molar refractivity (Wildman–Crippen MR) is 149 cm³/mol. The zero-order valence-electron chi connectivity index (χ0n) is 21.2. The van der Waals surface area contributed by atoms with Crippen LogP contribution in [0.25, 0.3) is 22.3 Å². The van der Waals surface area contributed by atoms with E-state index in [1.165, 1.54) is 48.5 Å². The summed E-state index contributed by atoms with van der Waals surface area (Å²) in [5, 5.41) is 8.14. The molecule has 0 unspecified atom stereocenters. The van der Waals surface area contributed by atoms with Crippen LogP contribution in [-0.4, -0.2) is 37.0 Å². The van der Waals surface area contributed by atoms with E-state index in [0.717, 1.165) is 22.7 Å². The quantitative estimate of drug-likeness (QED) is 0.184. The van der Waals surface area contributed by atoms with Crippen molar-refractivity contribution in [2.24, 2.45) is 0 Å². The number of hydrogen-bond acceptors (Lipinski definition) is 8. The monoisotopic (exact) mass is 584 g/mol. The molecule has 0 aliphatic carbocycles. The Kier molecular flexibility index (Phi) is 9.02. The first-order chi connectivity index (χ1) is 19.2. The fourth-order valence-electron chi connectivity index (χ4n) is 3.72. The van der Waals surface area contributed by atoms with Crippen molar-refractivity contribution in [3.8, 4) is 22.3 Å². The molecule has 0 atom stereocenters. The maximum absolute atomic E-state index is 13.4. The van der Waals surface area contributed by atoms with Gasteiger partial charge in [0.05, 0.1) is 13.2 Å². The Morgan fingerprint density at radius 2 is 1.00 bits per heavy atom. The molecular formula is C28H22F2N2O6S2. The first-order valence-corrected chi connectivity index (χ1v) is 13.7. The lowest BCUT2D eigenvalue weighted by Gasteiger charge is -2.10. The van der Waals surface area contributed by atoms with Crippen molar-refractivity contribution in [1.29, 1.82) is 0 Å². The number of nitrogens with one attached hydrogen (secondary N) is 2. The lowest BCUT2D eigenvalue weighted by Crippen LogP contribution is -2.29. The minimum atomic E-state index is -1.11. The average molecular weight is 585 g/mol. The number of esters is 2. The summed E-state index contributed by atoms with van der Waals surface area (Å²) in [6.45, 7) is 3.37. The molecule has 2 amide bonds. The van der Waals surface area contributed by atoms with Crippen LogP contribution in [0.15, 0.2) is 59.3 Å². The highest BCUT2D eigenvalue weighted by molar-refractivity contribution is 7.16. The Morgan fingerprint density at radius 3 is 1.32 bits per heavy atom. The Hall–Kier alpha value is -4.42. The Labute approximate surface area is 235 Å². The summed E-state index contributed by atoms with van der Waals surface area (Å²) in [6, 6.07) is 10.8. The number of amides is 2. The Balaban J connectivity index is 1.61. The van der Waals surface area contributed by atoms with Gasteiger partial charge in [-0.15, -0.1) is 22.7 Å². The van der Waals surface area contributed by atoms with Crippen LogP contribution in [0.4, 0.5) is 18.8 Å². The van der Waals surface area contributed by atoms with Gasteiger partial charge >= 0.3 is 23.8 Å². The van der Waals surface area contributed by atoms with Gasteiger partial charge in [-0.05, 0) is 49.2 Å². The second-order valence-electron chi connectivity index (χ2n) is 8.07. The topological polar surface area (TPSA) is 111 Å². The van der Waals surface area contributed by atoms with Gasteiger partial charge in [-0.3, -0.25) is 9.59 Å². The molecule has 0 aliphatic heterocycles. The number of ether oxygens (including phenoxy) is 2. The second kappa shape index (κ2) is 12.6. The van der Waals surface area contributed by atoms with E-state index in [1.807, 2.05) is 0 Å². The van der Waals surface area contributed by atoms with E-state index in [1.54, 1.807) is 24.6 Å². The van der Waals surface area contributed by atoms with E-state index in [4.69, 9.17) is 9.47 Å². The van der Waals surface area contributed by atoms with Gasteiger partial charge in [-0.1, -0.05) is 24.3 Å². The van der Waals surface area contributed by atoms with Gasteiger partial charge < -0.3 is 20.1 Å². The molecular weight excluding hydrogens is 562 g/mol. The van der Waals surface area contributed by atoms with Crippen LogP contribution in [0.3, 0.4) is 0 Å². The molecule has 2 aromatic carbocycles. The van der Waals surface area contributed by atoms with Crippen molar-refractivity contribution in [2.45, 2.75) is 13.8 Å². The molecule has 0 aliphatic rings.